The predicted molar refractivity (Wildman–Crippen MR) is 119 cm³/mol. The molecule has 1 aliphatic rings. The smallest absolute Gasteiger partial charge is 0.305 e. The topological polar surface area (TPSA) is 26.3 Å². The van der Waals surface area contributed by atoms with Gasteiger partial charge in [0.25, 0.3) is 0 Å². The SMILES string of the molecule is CCCCCC1(/C=C/CCCCCCCCCC(=O)OC)SCCCS1. The molecule has 0 aromatic carbocycles. The number of ether oxygens (including phenoxy) is 1. The minimum atomic E-state index is -0.0708. The van der Waals surface area contributed by atoms with Crippen molar-refractivity contribution in [3.8, 4) is 0 Å². The molecular weight excluding hydrogens is 360 g/mol. The number of carbonyl (C=O) groups is 1. The van der Waals surface area contributed by atoms with Crippen LogP contribution in [0.3, 0.4) is 0 Å². The van der Waals surface area contributed by atoms with Crippen LogP contribution in [0.2, 0.25) is 0 Å². The van der Waals surface area contributed by atoms with Crippen LogP contribution >= 0.6 is 23.5 Å². The van der Waals surface area contributed by atoms with Crippen LogP contribution < -0.4 is 0 Å². The zero-order valence-electron chi connectivity index (χ0n) is 17.1. The van der Waals surface area contributed by atoms with Gasteiger partial charge in [-0.2, -0.15) is 0 Å². The number of rotatable bonds is 15. The van der Waals surface area contributed by atoms with E-state index in [0.717, 1.165) is 12.8 Å². The zero-order valence-corrected chi connectivity index (χ0v) is 18.7. The lowest BCUT2D eigenvalue weighted by molar-refractivity contribution is -0.140. The molecule has 1 fully saturated rings. The molecular formula is C22H40O2S2. The molecule has 0 aromatic rings. The fraction of sp³-hybridized carbons (Fsp3) is 0.864. The number of esters is 1. The van der Waals surface area contributed by atoms with E-state index in [1.165, 1.54) is 89.2 Å². The number of carbonyl (C=O) groups excluding carboxylic acids is 1. The van der Waals surface area contributed by atoms with E-state index in [1.54, 1.807) is 0 Å². The second-order valence-corrected chi connectivity index (χ2v) is 10.4. The van der Waals surface area contributed by atoms with E-state index in [4.69, 9.17) is 0 Å². The van der Waals surface area contributed by atoms with Crippen LogP contribution in [0.5, 0.6) is 0 Å². The average molecular weight is 401 g/mol. The Kier molecular flexibility index (Phi) is 14.7. The molecule has 0 atom stereocenters. The quantitative estimate of drug-likeness (QED) is 0.163. The molecule has 0 N–H and O–H groups in total. The second-order valence-electron chi connectivity index (χ2n) is 7.31. The van der Waals surface area contributed by atoms with E-state index in [-0.39, 0.29) is 5.97 Å². The molecule has 0 saturated carbocycles. The van der Waals surface area contributed by atoms with E-state index in [9.17, 15) is 4.79 Å². The number of thioether (sulfide) groups is 2. The van der Waals surface area contributed by atoms with Gasteiger partial charge in [0, 0.05) is 6.42 Å². The summed E-state index contributed by atoms with van der Waals surface area (Å²) in [6, 6.07) is 0. The number of hydrogen-bond acceptors (Lipinski definition) is 4. The molecule has 0 radical (unpaired) electrons. The number of methoxy groups -OCH3 is 1. The summed E-state index contributed by atoms with van der Waals surface area (Å²) in [5, 5.41) is 0. The predicted octanol–water partition coefficient (Wildman–Crippen LogP) is 7.37. The van der Waals surface area contributed by atoms with Gasteiger partial charge >= 0.3 is 5.97 Å². The third-order valence-corrected chi connectivity index (χ3v) is 8.31. The van der Waals surface area contributed by atoms with Crippen molar-refractivity contribution in [2.75, 3.05) is 18.6 Å². The molecule has 0 aromatic heterocycles. The first-order chi connectivity index (χ1) is 12.7. The lowest BCUT2D eigenvalue weighted by atomic mass is 10.1. The van der Waals surface area contributed by atoms with Crippen molar-refractivity contribution in [3.05, 3.63) is 12.2 Å². The van der Waals surface area contributed by atoms with Gasteiger partial charge in [-0.1, -0.05) is 70.4 Å². The van der Waals surface area contributed by atoms with Crippen LogP contribution in [0.15, 0.2) is 12.2 Å². The van der Waals surface area contributed by atoms with Gasteiger partial charge in [0.05, 0.1) is 11.2 Å². The van der Waals surface area contributed by atoms with Crippen molar-refractivity contribution in [2.45, 2.75) is 101 Å². The first kappa shape index (κ1) is 23.9. The summed E-state index contributed by atoms with van der Waals surface area (Å²) in [7, 11) is 1.47. The van der Waals surface area contributed by atoms with Gasteiger partial charge in [0.1, 0.15) is 0 Å². The summed E-state index contributed by atoms with van der Waals surface area (Å²) in [5.41, 5.74) is 0. The van der Waals surface area contributed by atoms with Gasteiger partial charge in [-0.15, -0.1) is 23.5 Å². The van der Waals surface area contributed by atoms with E-state index in [2.05, 4.69) is 47.3 Å². The molecule has 0 amide bonds. The lowest BCUT2D eigenvalue weighted by Crippen LogP contribution is -2.22. The zero-order chi connectivity index (χ0) is 18.9. The summed E-state index contributed by atoms with van der Waals surface area (Å²) >= 11 is 4.37. The number of unbranched alkanes of at least 4 members (excludes halogenated alkanes) is 9. The van der Waals surface area contributed by atoms with Crippen molar-refractivity contribution in [1.29, 1.82) is 0 Å². The summed E-state index contributed by atoms with van der Waals surface area (Å²) < 4.78 is 5.04. The molecule has 2 nitrogen and oxygen atoms in total. The maximum Gasteiger partial charge on any atom is 0.305 e. The van der Waals surface area contributed by atoms with E-state index in [1.807, 2.05) is 0 Å². The van der Waals surface area contributed by atoms with Crippen LogP contribution in [0, 0.1) is 0 Å². The lowest BCUT2D eigenvalue weighted by Gasteiger charge is -2.33. The summed E-state index contributed by atoms with van der Waals surface area (Å²) in [5.74, 6) is 2.59. The standard InChI is InChI=1S/C22H40O2S2/c1-3-4-13-17-22(25-19-15-20-26-22)18-14-11-9-7-5-6-8-10-12-16-21(23)24-2/h14,18H,3-13,15-17,19-20H2,1-2H3/b18-14+. The molecule has 4 heteroatoms. The van der Waals surface area contributed by atoms with Gasteiger partial charge in [-0.05, 0) is 43.6 Å². The fourth-order valence-corrected chi connectivity index (χ4v) is 6.56. The minimum absolute atomic E-state index is 0.0708. The Morgan fingerprint density at radius 2 is 1.62 bits per heavy atom. The molecule has 1 rings (SSSR count). The Balaban J connectivity index is 2.06. The highest BCUT2D eigenvalue weighted by molar-refractivity contribution is 8.19. The molecule has 1 aliphatic heterocycles. The normalized spacial score (nSPS) is 16.8. The Labute approximate surface area is 170 Å². The minimum Gasteiger partial charge on any atom is -0.469 e. The Morgan fingerprint density at radius 1 is 0.962 bits per heavy atom. The maximum absolute atomic E-state index is 11.0. The monoisotopic (exact) mass is 400 g/mol. The van der Waals surface area contributed by atoms with Crippen LogP contribution in [0.25, 0.3) is 0 Å². The highest BCUT2D eigenvalue weighted by atomic mass is 32.2. The highest BCUT2D eigenvalue weighted by Crippen LogP contribution is 2.47. The maximum atomic E-state index is 11.0. The molecule has 0 aliphatic carbocycles. The van der Waals surface area contributed by atoms with Crippen LogP contribution in [-0.4, -0.2) is 28.7 Å². The average Bonchev–Trinajstić information content (AvgIpc) is 2.67. The molecule has 0 bridgehead atoms. The van der Waals surface area contributed by atoms with Crippen LogP contribution in [-0.2, 0) is 9.53 Å². The third kappa shape index (κ3) is 11.6. The summed E-state index contributed by atoms with van der Waals surface area (Å²) in [6.45, 7) is 2.29. The van der Waals surface area contributed by atoms with Gasteiger partial charge in [0.2, 0.25) is 0 Å². The molecule has 1 saturated heterocycles. The van der Waals surface area contributed by atoms with Gasteiger partial charge < -0.3 is 4.74 Å². The first-order valence-corrected chi connectivity index (χ1v) is 12.7. The van der Waals surface area contributed by atoms with Gasteiger partial charge in [0.15, 0.2) is 0 Å². The summed E-state index contributed by atoms with van der Waals surface area (Å²) in [4.78, 5) is 11.0. The third-order valence-electron chi connectivity index (χ3n) is 4.96. The molecule has 152 valence electrons. The van der Waals surface area contributed by atoms with Crippen LogP contribution in [0.4, 0.5) is 0 Å². The fourth-order valence-electron chi connectivity index (χ4n) is 3.32. The van der Waals surface area contributed by atoms with Gasteiger partial charge in [-0.25, -0.2) is 0 Å². The highest BCUT2D eigenvalue weighted by Gasteiger charge is 2.30. The van der Waals surface area contributed by atoms with E-state index in [0.29, 0.717) is 10.5 Å². The van der Waals surface area contributed by atoms with Crippen LogP contribution in [0.1, 0.15) is 96.8 Å². The van der Waals surface area contributed by atoms with Crippen molar-refractivity contribution in [2.24, 2.45) is 0 Å². The van der Waals surface area contributed by atoms with Crippen molar-refractivity contribution < 1.29 is 9.53 Å². The Hall–Kier alpha value is -0.0900. The Morgan fingerprint density at radius 3 is 2.27 bits per heavy atom. The largest absolute Gasteiger partial charge is 0.469 e. The van der Waals surface area contributed by atoms with E-state index < -0.39 is 0 Å². The van der Waals surface area contributed by atoms with Crippen molar-refractivity contribution in [1.82, 2.24) is 0 Å². The first-order valence-electron chi connectivity index (χ1n) is 10.7. The molecule has 0 unspecified atom stereocenters. The molecule has 1 heterocycles. The molecule has 0 spiro atoms. The van der Waals surface area contributed by atoms with Crippen molar-refractivity contribution in [3.63, 3.8) is 0 Å². The number of hydrogen-bond donors (Lipinski definition) is 0. The van der Waals surface area contributed by atoms with Gasteiger partial charge in [-0.3, -0.25) is 4.79 Å². The summed E-state index contributed by atoms with van der Waals surface area (Å²) in [6.07, 6.45) is 22.3. The van der Waals surface area contributed by atoms with E-state index >= 15 is 0 Å². The number of allylic oxidation sites excluding steroid dienone is 1. The molecule has 26 heavy (non-hydrogen) atoms. The second kappa shape index (κ2) is 15.9. The van der Waals surface area contributed by atoms with Crippen molar-refractivity contribution >= 4 is 29.5 Å². The Bertz CT molecular complexity index is 376.